The number of rotatable bonds is 4. The van der Waals surface area contributed by atoms with Gasteiger partial charge in [-0.2, -0.15) is 0 Å². The van der Waals surface area contributed by atoms with E-state index in [2.05, 4.69) is 10.1 Å². The number of phenolic OH excluding ortho intramolecular Hbond substituents is 1. The topological polar surface area (TPSA) is 84.9 Å². The summed E-state index contributed by atoms with van der Waals surface area (Å²) in [4.78, 5) is 23.2. The number of amides is 1. The average molecular weight is 336 g/mol. The molecule has 2 N–H and O–H groups in total. The van der Waals surface area contributed by atoms with E-state index >= 15 is 0 Å². The Bertz CT molecular complexity index is 718. The number of hydrogen-bond acceptors (Lipinski definition) is 5. The van der Waals surface area contributed by atoms with Gasteiger partial charge in [0.2, 0.25) is 0 Å². The summed E-state index contributed by atoms with van der Waals surface area (Å²) in [6.07, 6.45) is -0.735. The van der Waals surface area contributed by atoms with Gasteiger partial charge in [-0.05, 0) is 17.7 Å². The van der Waals surface area contributed by atoms with E-state index < -0.39 is 17.8 Å². The molecule has 0 heterocycles. The van der Waals surface area contributed by atoms with Crippen LogP contribution in [0.2, 0.25) is 5.02 Å². The Kier molecular flexibility index (Phi) is 5.43. The predicted octanol–water partition coefficient (Wildman–Crippen LogP) is 3.58. The lowest BCUT2D eigenvalue weighted by atomic mass is 10.2. The number of methoxy groups -OCH3 is 1. The molecule has 0 aliphatic carbocycles. The Morgan fingerprint density at radius 2 is 1.87 bits per heavy atom. The molecule has 23 heavy (non-hydrogen) atoms. The molecule has 0 aromatic heterocycles. The number of hydrogen-bond donors (Lipinski definition) is 2. The van der Waals surface area contributed by atoms with Crippen LogP contribution in [0.15, 0.2) is 42.5 Å². The van der Waals surface area contributed by atoms with Crippen molar-refractivity contribution in [1.29, 1.82) is 0 Å². The summed E-state index contributed by atoms with van der Waals surface area (Å²) in [7, 11) is 1.18. The minimum Gasteiger partial charge on any atom is -0.505 e. The monoisotopic (exact) mass is 335 g/mol. The first-order chi connectivity index (χ1) is 11.0. The highest BCUT2D eigenvalue weighted by Gasteiger charge is 2.18. The maximum atomic E-state index is 11.8. The van der Waals surface area contributed by atoms with E-state index in [1.165, 1.54) is 19.2 Å². The van der Waals surface area contributed by atoms with Crippen molar-refractivity contribution < 1.29 is 24.2 Å². The Balaban J connectivity index is 2.04. The summed E-state index contributed by atoms with van der Waals surface area (Å²) in [5.74, 6) is -1.21. The van der Waals surface area contributed by atoms with Gasteiger partial charge in [-0.1, -0.05) is 41.9 Å². The largest absolute Gasteiger partial charge is 0.505 e. The summed E-state index contributed by atoms with van der Waals surface area (Å²) >= 11 is 5.93. The van der Waals surface area contributed by atoms with Gasteiger partial charge >= 0.3 is 12.1 Å². The van der Waals surface area contributed by atoms with E-state index in [1.54, 1.807) is 0 Å². The van der Waals surface area contributed by atoms with Gasteiger partial charge in [0.1, 0.15) is 17.2 Å². The highest BCUT2D eigenvalue weighted by atomic mass is 35.5. The molecule has 0 saturated carbocycles. The first-order valence-corrected chi connectivity index (χ1v) is 6.98. The van der Waals surface area contributed by atoms with Crippen molar-refractivity contribution in [2.24, 2.45) is 0 Å². The van der Waals surface area contributed by atoms with Gasteiger partial charge in [0.05, 0.1) is 12.8 Å². The van der Waals surface area contributed by atoms with Crippen LogP contribution in [0.5, 0.6) is 5.75 Å². The second-order valence-electron chi connectivity index (χ2n) is 4.50. The Labute approximate surface area is 137 Å². The summed E-state index contributed by atoms with van der Waals surface area (Å²) in [5.41, 5.74) is 0.855. The average Bonchev–Trinajstić information content (AvgIpc) is 2.57. The fourth-order valence-electron chi connectivity index (χ4n) is 1.80. The van der Waals surface area contributed by atoms with Crippen LogP contribution in [0, 0.1) is 0 Å². The number of benzene rings is 2. The van der Waals surface area contributed by atoms with Crippen molar-refractivity contribution in [2.45, 2.75) is 6.61 Å². The quantitative estimate of drug-likeness (QED) is 0.834. The van der Waals surface area contributed by atoms with Crippen LogP contribution < -0.4 is 5.32 Å². The molecule has 1 amide bonds. The maximum Gasteiger partial charge on any atom is 0.412 e. The minimum absolute atomic E-state index is 0.0938. The number of anilines is 1. The zero-order valence-electron chi connectivity index (χ0n) is 12.2. The fourth-order valence-corrected chi connectivity index (χ4v) is 2.02. The number of ether oxygens (including phenoxy) is 2. The van der Waals surface area contributed by atoms with Crippen molar-refractivity contribution >= 4 is 29.4 Å². The third-order valence-electron chi connectivity index (χ3n) is 2.97. The lowest BCUT2D eigenvalue weighted by Crippen LogP contribution is -2.14. The molecule has 0 spiro atoms. The smallest absolute Gasteiger partial charge is 0.412 e. The van der Waals surface area contributed by atoms with Gasteiger partial charge in [-0.3, -0.25) is 5.32 Å². The van der Waals surface area contributed by atoms with Crippen LogP contribution >= 0.6 is 11.6 Å². The van der Waals surface area contributed by atoms with E-state index in [-0.39, 0.29) is 22.9 Å². The number of nitrogens with one attached hydrogen (secondary N) is 1. The van der Waals surface area contributed by atoms with Gasteiger partial charge in [-0.15, -0.1) is 0 Å². The van der Waals surface area contributed by atoms with Crippen LogP contribution in [-0.4, -0.2) is 24.3 Å². The van der Waals surface area contributed by atoms with Gasteiger partial charge in [0.25, 0.3) is 0 Å². The number of phenols is 1. The number of aromatic hydroxyl groups is 1. The molecule has 7 heteroatoms. The molecule has 0 saturated heterocycles. The molecule has 0 bridgehead atoms. The molecule has 0 atom stereocenters. The van der Waals surface area contributed by atoms with E-state index in [9.17, 15) is 14.7 Å². The molecule has 2 aromatic carbocycles. The van der Waals surface area contributed by atoms with Crippen LogP contribution in [-0.2, 0) is 16.1 Å². The van der Waals surface area contributed by atoms with E-state index in [1.807, 2.05) is 30.3 Å². The molecular formula is C16H14ClNO5. The highest BCUT2D eigenvalue weighted by Crippen LogP contribution is 2.34. The molecule has 0 aliphatic rings. The number of halogens is 1. The SMILES string of the molecule is COC(=O)c1ccc(NC(=O)OCc2ccccc2)c(Cl)c1O. The van der Waals surface area contributed by atoms with E-state index in [0.29, 0.717) is 0 Å². The minimum atomic E-state index is -0.735. The molecule has 2 aromatic rings. The first-order valence-electron chi connectivity index (χ1n) is 6.60. The number of esters is 1. The van der Waals surface area contributed by atoms with Crippen molar-refractivity contribution in [3.05, 3.63) is 58.6 Å². The van der Waals surface area contributed by atoms with Gasteiger partial charge in [0.15, 0.2) is 5.75 Å². The Hall–Kier alpha value is -2.73. The molecule has 0 fully saturated rings. The number of carbonyl (C=O) groups excluding carboxylic acids is 2. The van der Waals surface area contributed by atoms with E-state index in [4.69, 9.17) is 16.3 Å². The Morgan fingerprint density at radius 1 is 1.17 bits per heavy atom. The summed E-state index contributed by atoms with van der Waals surface area (Å²) < 4.78 is 9.55. The lowest BCUT2D eigenvalue weighted by Gasteiger charge is -2.11. The molecule has 2 rings (SSSR count). The highest BCUT2D eigenvalue weighted by molar-refractivity contribution is 6.35. The van der Waals surface area contributed by atoms with Crippen LogP contribution in [0.3, 0.4) is 0 Å². The summed E-state index contributed by atoms with van der Waals surface area (Å²) in [6, 6.07) is 11.8. The summed E-state index contributed by atoms with van der Waals surface area (Å²) in [6.45, 7) is 0.0938. The molecule has 120 valence electrons. The summed E-state index contributed by atoms with van der Waals surface area (Å²) in [5, 5.41) is 12.1. The molecular weight excluding hydrogens is 322 g/mol. The normalized spacial score (nSPS) is 10.0. The maximum absolute atomic E-state index is 11.8. The molecule has 0 unspecified atom stereocenters. The second-order valence-corrected chi connectivity index (χ2v) is 4.88. The van der Waals surface area contributed by atoms with Crippen LogP contribution in [0.25, 0.3) is 0 Å². The Morgan fingerprint density at radius 3 is 2.52 bits per heavy atom. The van der Waals surface area contributed by atoms with Gasteiger partial charge in [-0.25, -0.2) is 9.59 Å². The standard InChI is InChI=1S/C16H14ClNO5/c1-22-15(20)11-7-8-12(13(17)14(11)19)18-16(21)23-9-10-5-3-2-4-6-10/h2-8,19H,9H2,1H3,(H,18,21). The fraction of sp³-hybridized carbons (Fsp3) is 0.125. The molecule has 6 nitrogen and oxygen atoms in total. The zero-order chi connectivity index (χ0) is 16.8. The predicted molar refractivity (Wildman–Crippen MR) is 84.7 cm³/mol. The second kappa shape index (κ2) is 7.51. The van der Waals surface area contributed by atoms with Crippen molar-refractivity contribution in [3.8, 4) is 5.75 Å². The molecule has 0 aliphatic heterocycles. The first kappa shape index (κ1) is 16.6. The molecule has 0 radical (unpaired) electrons. The van der Waals surface area contributed by atoms with Crippen LogP contribution in [0.1, 0.15) is 15.9 Å². The zero-order valence-corrected chi connectivity index (χ0v) is 13.0. The van der Waals surface area contributed by atoms with Crippen molar-refractivity contribution in [2.75, 3.05) is 12.4 Å². The van der Waals surface area contributed by atoms with E-state index in [0.717, 1.165) is 5.56 Å². The van der Waals surface area contributed by atoms with Crippen molar-refractivity contribution in [3.63, 3.8) is 0 Å². The lowest BCUT2D eigenvalue weighted by molar-refractivity contribution is 0.0597. The third kappa shape index (κ3) is 4.14. The number of carbonyl (C=O) groups is 2. The van der Waals surface area contributed by atoms with Gasteiger partial charge in [0, 0.05) is 0 Å². The van der Waals surface area contributed by atoms with Gasteiger partial charge < -0.3 is 14.6 Å². The van der Waals surface area contributed by atoms with Crippen LogP contribution in [0.4, 0.5) is 10.5 Å². The third-order valence-corrected chi connectivity index (χ3v) is 3.35. The van der Waals surface area contributed by atoms with Crippen molar-refractivity contribution in [1.82, 2.24) is 0 Å².